The summed E-state index contributed by atoms with van der Waals surface area (Å²) in [5, 5.41) is 1.20. The van der Waals surface area contributed by atoms with Crippen molar-refractivity contribution in [2.24, 2.45) is 5.73 Å². The van der Waals surface area contributed by atoms with Gasteiger partial charge in [0.25, 0.3) is 0 Å². The van der Waals surface area contributed by atoms with Crippen LogP contribution >= 0.6 is 0 Å². The lowest BCUT2D eigenvalue weighted by molar-refractivity contribution is 0.572. The molecule has 3 rings (SSSR count). The molecule has 0 amide bonds. The average Bonchev–Trinajstić information content (AvgIpc) is 2.46. The number of hydrogen-bond donors (Lipinski definition) is 1. The smallest absolute Gasteiger partial charge is 0.133 e. The average molecular weight is 255 g/mol. The number of benzene rings is 1. The third-order valence-electron chi connectivity index (χ3n) is 3.90. The van der Waals surface area contributed by atoms with Gasteiger partial charge in [-0.15, -0.1) is 0 Å². The number of nitrogens with zero attached hydrogens (tertiary/aromatic N) is 2. The zero-order chi connectivity index (χ0) is 13.2. The molecule has 0 saturated carbocycles. The van der Waals surface area contributed by atoms with Gasteiger partial charge >= 0.3 is 0 Å². The molecule has 19 heavy (non-hydrogen) atoms. The lowest BCUT2D eigenvalue weighted by Crippen LogP contribution is -2.31. The summed E-state index contributed by atoms with van der Waals surface area (Å²) in [6.07, 6.45) is 3.86. The molecular formula is C16H21N3. The van der Waals surface area contributed by atoms with E-state index in [1.807, 2.05) is 0 Å². The second-order valence-corrected chi connectivity index (χ2v) is 5.42. The van der Waals surface area contributed by atoms with Crippen molar-refractivity contribution in [1.82, 2.24) is 4.98 Å². The summed E-state index contributed by atoms with van der Waals surface area (Å²) in [5.41, 5.74) is 9.43. The molecule has 1 aromatic heterocycles. The van der Waals surface area contributed by atoms with Crippen LogP contribution in [0.25, 0.3) is 10.9 Å². The summed E-state index contributed by atoms with van der Waals surface area (Å²) in [4.78, 5) is 7.25. The van der Waals surface area contributed by atoms with Crippen molar-refractivity contribution < 1.29 is 0 Å². The number of aromatic nitrogens is 1. The third kappa shape index (κ3) is 2.43. The minimum Gasteiger partial charge on any atom is -0.356 e. The molecule has 0 bridgehead atoms. The summed E-state index contributed by atoms with van der Waals surface area (Å²) >= 11 is 0. The van der Waals surface area contributed by atoms with Gasteiger partial charge in [0.1, 0.15) is 5.82 Å². The molecule has 0 spiro atoms. The molecule has 0 radical (unpaired) electrons. The molecular weight excluding hydrogens is 234 g/mol. The van der Waals surface area contributed by atoms with Crippen molar-refractivity contribution >= 4 is 16.7 Å². The highest BCUT2D eigenvalue weighted by Gasteiger charge is 2.16. The number of aryl methyl sites for hydroxylation is 1. The lowest BCUT2D eigenvalue weighted by Gasteiger charge is -2.29. The first-order valence-corrected chi connectivity index (χ1v) is 7.13. The van der Waals surface area contributed by atoms with E-state index in [2.05, 4.69) is 36.1 Å². The Morgan fingerprint density at radius 1 is 1.16 bits per heavy atom. The molecule has 0 aliphatic carbocycles. The Hall–Kier alpha value is -1.61. The molecule has 100 valence electrons. The van der Waals surface area contributed by atoms with Crippen molar-refractivity contribution in [2.75, 3.05) is 18.0 Å². The van der Waals surface area contributed by atoms with Gasteiger partial charge in [-0.3, -0.25) is 0 Å². The second-order valence-electron chi connectivity index (χ2n) is 5.42. The monoisotopic (exact) mass is 255 g/mol. The number of rotatable bonds is 2. The van der Waals surface area contributed by atoms with Gasteiger partial charge < -0.3 is 10.6 Å². The van der Waals surface area contributed by atoms with Gasteiger partial charge in [-0.25, -0.2) is 4.98 Å². The SMILES string of the molecule is Cc1ccc2nc(N3CCCCC3)c(CN)cc2c1. The fourth-order valence-corrected chi connectivity index (χ4v) is 2.86. The van der Waals surface area contributed by atoms with Gasteiger partial charge in [0.2, 0.25) is 0 Å². The van der Waals surface area contributed by atoms with Crippen LogP contribution in [0.5, 0.6) is 0 Å². The van der Waals surface area contributed by atoms with E-state index in [1.54, 1.807) is 0 Å². The summed E-state index contributed by atoms with van der Waals surface area (Å²) in [6.45, 7) is 4.89. The van der Waals surface area contributed by atoms with Crippen LogP contribution in [0, 0.1) is 6.92 Å². The summed E-state index contributed by atoms with van der Waals surface area (Å²) in [5.74, 6) is 1.10. The first-order chi connectivity index (χ1) is 9.28. The molecule has 3 heteroatoms. The zero-order valence-electron chi connectivity index (χ0n) is 11.5. The van der Waals surface area contributed by atoms with E-state index < -0.39 is 0 Å². The Kier molecular flexibility index (Phi) is 3.38. The quantitative estimate of drug-likeness (QED) is 0.897. The fourth-order valence-electron chi connectivity index (χ4n) is 2.86. The van der Waals surface area contributed by atoms with E-state index in [-0.39, 0.29) is 0 Å². The normalized spacial score (nSPS) is 16.0. The number of pyridine rings is 1. The van der Waals surface area contributed by atoms with Crippen molar-refractivity contribution in [1.29, 1.82) is 0 Å². The molecule has 1 aromatic carbocycles. The molecule has 3 nitrogen and oxygen atoms in total. The van der Waals surface area contributed by atoms with E-state index >= 15 is 0 Å². The van der Waals surface area contributed by atoms with Crippen molar-refractivity contribution in [3.63, 3.8) is 0 Å². The fraction of sp³-hybridized carbons (Fsp3) is 0.438. The first kappa shape index (κ1) is 12.4. The Morgan fingerprint density at radius 3 is 2.68 bits per heavy atom. The molecule has 0 atom stereocenters. The van der Waals surface area contributed by atoms with Crippen molar-refractivity contribution in [3.8, 4) is 0 Å². The van der Waals surface area contributed by atoms with Crippen LogP contribution in [-0.4, -0.2) is 18.1 Å². The van der Waals surface area contributed by atoms with Crippen molar-refractivity contribution in [3.05, 3.63) is 35.4 Å². The summed E-state index contributed by atoms with van der Waals surface area (Å²) < 4.78 is 0. The van der Waals surface area contributed by atoms with Crippen LogP contribution in [0.3, 0.4) is 0 Å². The van der Waals surface area contributed by atoms with Crippen LogP contribution in [0.4, 0.5) is 5.82 Å². The lowest BCUT2D eigenvalue weighted by atomic mass is 10.1. The van der Waals surface area contributed by atoms with Gasteiger partial charge in [-0.1, -0.05) is 11.6 Å². The van der Waals surface area contributed by atoms with E-state index in [4.69, 9.17) is 10.7 Å². The van der Waals surface area contributed by atoms with Crippen LogP contribution in [0.15, 0.2) is 24.3 Å². The van der Waals surface area contributed by atoms with Gasteiger partial charge in [0.05, 0.1) is 5.52 Å². The predicted octanol–water partition coefficient (Wildman–Crippen LogP) is 2.99. The molecule has 2 aromatic rings. The highest BCUT2D eigenvalue weighted by atomic mass is 15.2. The Balaban J connectivity index is 2.09. The Morgan fingerprint density at radius 2 is 1.95 bits per heavy atom. The van der Waals surface area contributed by atoms with Crippen LogP contribution in [0.1, 0.15) is 30.4 Å². The number of fused-ring (bicyclic) bond motifs is 1. The van der Waals surface area contributed by atoms with Crippen LogP contribution in [-0.2, 0) is 6.54 Å². The minimum absolute atomic E-state index is 0.558. The van der Waals surface area contributed by atoms with E-state index in [0.29, 0.717) is 6.54 Å². The minimum atomic E-state index is 0.558. The number of piperidine rings is 1. The van der Waals surface area contributed by atoms with E-state index in [0.717, 1.165) is 24.4 Å². The molecule has 2 N–H and O–H groups in total. The second kappa shape index (κ2) is 5.17. The highest BCUT2D eigenvalue weighted by molar-refractivity contribution is 5.82. The summed E-state index contributed by atoms with van der Waals surface area (Å²) in [6, 6.07) is 8.62. The van der Waals surface area contributed by atoms with Gasteiger partial charge in [0, 0.05) is 30.6 Å². The molecule has 1 aliphatic rings. The van der Waals surface area contributed by atoms with Gasteiger partial charge in [-0.2, -0.15) is 0 Å². The largest absolute Gasteiger partial charge is 0.356 e. The Bertz CT molecular complexity index is 586. The number of hydrogen-bond acceptors (Lipinski definition) is 3. The predicted molar refractivity (Wildman–Crippen MR) is 80.4 cm³/mol. The molecule has 1 fully saturated rings. The van der Waals surface area contributed by atoms with Crippen LogP contribution in [0.2, 0.25) is 0 Å². The molecule has 1 aliphatic heterocycles. The molecule has 0 unspecified atom stereocenters. The van der Waals surface area contributed by atoms with Gasteiger partial charge in [-0.05, 0) is 44.4 Å². The first-order valence-electron chi connectivity index (χ1n) is 7.13. The third-order valence-corrected chi connectivity index (χ3v) is 3.90. The molecule has 2 heterocycles. The van der Waals surface area contributed by atoms with Crippen LogP contribution < -0.4 is 10.6 Å². The molecule has 1 saturated heterocycles. The standard InChI is InChI=1S/C16H21N3/c1-12-5-6-15-13(9-12)10-14(11-17)16(18-15)19-7-3-2-4-8-19/h5-6,9-10H,2-4,7-8,11,17H2,1H3. The summed E-state index contributed by atoms with van der Waals surface area (Å²) in [7, 11) is 0. The maximum Gasteiger partial charge on any atom is 0.133 e. The number of nitrogens with two attached hydrogens (primary N) is 1. The number of anilines is 1. The Labute approximate surface area is 114 Å². The van der Waals surface area contributed by atoms with E-state index in [1.165, 1.54) is 35.8 Å². The maximum absolute atomic E-state index is 5.92. The zero-order valence-corrected chi connectivity index (χ0v) is 11.5. The van der Waals surface area contributed by atoms with Crippen molar-refractivity contribution in [2.45, 2.75) is 32.7 Å². The van der Waals surface area contributed by atoms with Gasteiger partial charge in [0.15, 0.2) is 0 Å². The highest BCUT2D eigenvalue weighted by Crippen LogP contribution is 2.26. The van der Waals surface area contributed by atoms with E-state index in [9.17, 15) is 0 Å². The maximum atomic E-state index is 5.92. The topological polar surface area (TPSA) is 42.2 Å².